The summed E-state index contributed by atoms with van der Waals surface area (Å²) in [7, 11) is 6.27. The van der Waals surface area contributed by atoms with Gasteiger partial charge in [-0.15, -0.1) is 0 Å². The molecule has 6 aromatic carbocycles. The van der Waals surface area contributed by atoms with Gasteiger partial charge in [-0.3, -0.25) is 9.59 Å². The summed E-state index contributed by atoms with van der Waals surface area (Å²) in [5, 5.41) is 18.6. The predicted octanol–water partition coefficient (Wildman–Crippen LogP) is 11.9. The number of nitrogens with one attached hydrogen (secondary N) is 2. The summed E-state index contributed by atoms with van der Waals surface area (Å²) in [6.45, 7) is 15.2. The number of ether oxygens (including phenoxy) is 6. The van der Waals surface area contributed by atoms with Crippen LogP contribution >= 0.6 is 0 Å². The summed E-state index contributed by atoms with van der Waals surface area (Å²) in [5.41, 5.74) is 4.92. The van der Waals surface area contributed by atoms with Crippen molar-refractivity contribution in [2.45, 2.75) is 110 Å². The zero-order valence-electron chi connectivity index (χ0n) is 45.3. The van der Waals surface area contributed by atoms with Crippen LogP contribution in [0, 0.1) is 0 Å². The molecule has 0 atom stereocenters. The average molecular weight is 1030 g/mol. The minimum Gasteiger partial charge on any atom is -0.493 e. The fourth-order valence-corrected chi connectivity index (χ4v) is 9.41. The monoisotopic (exact) mass is 1030 g/mol. The Balaban J connectivity index is 0.000000202. The van der Waals surface area contributed by atoms with E-state index >= 15 is 0 Å². The molecule has 2 fully saturated rings. The lowest BCUT2D eigenvalue weighted by atomic mass is 9.88. The van der Waals surface area contributed by atoms with Gasteiger partial charge in [-0.05, 0) is 173 Å². The number of fused-ring (bicyclic) bond motifs is 2. The number of aryl methyl sites for hydroxylation is 1. The Morgan fingerprint density at radius 1 is 0.587 bits per heavy atom. The molecule has 0 bridgehead atoms. The van der Waals surface area contributed by atoms with Crippen LogP contribution in [0.4, 0.5) is 4.79 Å². The fraction of sp³-hybridized carbons (Fsp3) is 0.410. The molecule has 8 rings (SSSR count). The number of carbonyl (C=O) groups is 4. The van der Waals surface area contributed by atoms with Crippen molar-refractivity contribution >= 4 is 45.5 Å². The van der Waals surface area contributed by atoms with E-state index in [4.69, 9.17) is 33.5 Å². The van der Waals surface area contributed by atoms with Crippen molar-refractivity contribution in [3.8, 4) is 23.0 Å². The second-order valence-electron chi connectivity index (χ2n) is 20.8. The molecular formula is C61H75N3O11. The zero-order chi connectivity index (χ0) is 54.3. The Morgan fingerprint density at radius 2 is 1.05 bits per heavy atom. The molecule has 0 spiro atoms. The van der Waals surface area contributed by atoms with Crippen molar-refractivity contribution in [1.82, 2.24) is 15.5 Å². The van der Waals surface area contributed by atoms with Crippen LogP contribution in [0.25, 0.3) is 21.5 Å². The molecule has 75 heavy (non-hydrogen) atoms. The molecule has 14 nitrogen and oxygen atoms in total. The smallest absolute Gasteiger partial charge is 0.407 e. The number of amides is 2. The van der Waals surface area contributed by atoms with Crippen molar-refractivity contribution in [3.63, 3.8) is 0 Å². The van der Waals surface area contributed by atoms with Gasteiger partial charge in [0.15, 0.2) is 23.0 Å². The first-order valence-corrected chi connectivity index (χ1v) is 25.7. The molecule has 0 aliphatic carbocycles. The van der Waals surface area contributed by atoms with Gasteiger partial charge < -0.3 is 49.1 Å². The largest absolute Gasteiger partial charge is 0.493 e. The van der Waals surface area contributed by atoms with E-state index in [1.54, 1.807) is 45.6 Å². The van der Waals surface area contributed by atoms with E-state index < -0.39 is 23.3 Å². The Kier molecular flexibility index (Phi) is 19.9. The van der Waals surface area contributed by atoms with Gasteiger partial charge in [0.2, 0.25) is 0 Å². The van der Waals surface area contributed by atoms with Gasteiger partial charge in [0.05, 0.1) is 34.0 Å². The topological polar surface area (TPSA) is 171 Å². The minimum absolute atomic E-state index is 0.0339. The molecule has 2 aliphatic rings. The SMILES string of the molecule is CC(C)(C)OC(=O)CCc1cccc(C2CCNCC2)c1.COc1cc2cccc(C(=O)N3CCC(c4cccc(CNC(=O)OC(C)(C)C)c4)CC3)c2cc1OC.COc1cc2cccc(C(=O)O)c2cc1OC. The molecule has 2 aliphatic heterocycles. The molecule has 3 N–H and O–H groups in total. The van der Waals surface area contributed by atoms with E-state index in [0.29, 0.717) is 71.8 Å². The second kappa shape index (κ2) is 26.3. The highest BCUT2D eigenvalue weighted by Gasteiger charge is 2.27. The predicted molar refractivity (Wildman–Crippen MR) is 294 cm³/mol. The number of carboxylic acid groups (broad SMARTS) is 1. The highest BCUT2D eigenvalue weighted by atomic mass is 16.6. The number of hydrogen-bond donors (Lipinski definition) is 3. The van der Waals surface area contributed by atoms with Crippen molar-refractivity contribution in [1.29, 1.82) is 0 Å². The van der Waals surface area contributed by atoms with Gasteiger partial charge in [-0.25, -0.2) is 9.59 Å². The van der Waals surface area contributed by atoms with Gasteiger partial charge in [-0.1, -0.05) is 72.8 Å². The van der Waals surface area contributed by atoms with Crippen LogP contribution in [-0.4, -0.2) is 99.8 Å². The van der Waals surface area contributed by atoms with Crippen LogP contribution in [-0.2, 0) is 27.2 Å². The average Bonchev–Trinajstić information content (AvgIpc) is 3.40. The number of piperidine rings is 2. The first-order valence-electron chi connectivity index (χ1n) is 25.7. The molecule has 14 heteroatoms. The number of nitrogens with zero attached hydrogens (tertiary/aromatic N) is 1. The molecule has 6 aromatic rings. The van der Waals surface area contributed by atoms with Crippen molar-refractivity contribution in [2.75, 3.05) is 54.6 Å². The molecule has 2 heterocycles. The van der Waals surface area contributed by atoms with Crippen LogP contribution in [0.3, 0.4) is 0 Å². The van der Waals surface area contributed by atoms with E-state index in [1.165, 1.54) is 36.6 Å². The lowest BCUT2D eigenvalue weighted by Gasteiger charge is -2.32. The maximum atomic E-state index is 13.5. The zero-order valence-corrected chi connectivity index (χ0v) is 45.3. The molecule has 0 aromatic heterocycles. The number of esters is 1. The third-order valence-corrected chi connectivity index (χ3v) is 13.1. The number of benzene rings is 6. The summed E-state index contributed by atoms with van der Waals surface area (Å²) in [4.78, 5) is 50.3. The van der Waals surface area contributed by atoms with Gasteiger partial charge in [-0.2, -0.15) is 0 Å². The summed E-state index contributed by atoms with van der Waals surface area (Å²) >= 11 is 0. The van der Waals surface area contributed by atoms with Crippen molar-refractivity contribution in [3.05, 3.63) is 143 Å². The van der Waals surface area contributed by atoms with Crippen LogP contribution in [0.1, 0.15) is 128 Å². The van der Waals surface area contributed by atoms with Crippen LogP contribution < -0.4 is 29.6 Å². The summed E-state index contributed by atoms with van der Waals surface area (Å²) in [6, 6.07) is 35.1. The van der Waals surface area contributed by atoms with E-state index in [0.717, 1.165) is 54.1 Å². The quantitative estimate of drug-likeness (QED) is 0.0937. The van der Waals surface area contributed by atoms with E-state index in [-0.39, 0.29) is 17.4 Å². The Hall–Kier alpha value is -7.32. The lowest BCUT2D eigenvalue weighted by molar-refractivity contribution is -0.154. The third kappa shape index (κ3) is 16.3. The van der Waals surface area contributed by atoms with Crippen molar-refractivity contribution < 1.29 is 52.7 Å². The van der Waals surface area contributed by atoms with E-state index in [1.807, 2.05) is 95.0 Å². The van der Waals surface area contributed by atoms with E-state index in [2.05, 4.69) is 47.0 Å². The summed E-state index contributed by atoms with van der Waals surface area (Å²) in [6.07, 6.45) is 4.97. The standard InChI is InChI=1S/C30H36N2O5.C18H27NO2.C13H12O4/c1-30(2,3)37-29(34)31-19-20-8-6-9-22(16-20)21-12-14-32(15-13-21)28(33)24-11-7-10-23-17-26(35-4)27(36-5)18-25(23)24;1-18(2,3)21-17(20)8-7-14-5-4-6-16(13-14)15-9-11-19-12-10-15;1-16-11-6-8-4-3-5-9(13(14)15)10(8)7-12(11)17-2/h6-11,16-18,21H,12-15,19H2,1-5H3,(H,31,34);4-6,13,15,19H,7-12H2,1-3H3;3-7H,1-2H3,(H,14,15). The van der Waals surface area contributed by atoms with Crippen LogP contribution in [0.5, 0.6) is 23.0 Å². The van der Waals surface area contributed by atoms with Crippen molar-refractivity contribution in [2.24, 2.45) is 0 Å². The number of alkyl carbamates (subject to hydrolysis) is 1. The summed E-state index contributed by atoms with van der Waals surface area (Å²) in [5.74, 6) is 2.34. The van der Waals surface area contributed by atoms with Crippen LogP contribution in [0.15, 0.2) is 109 Å². The highest BCUT2D eigenvalue weighted by Crippen LogP contribution is 2.36. The molecule has 2 saturated heterocycles. The second-order valence-corrected chi connectivity index (χ2v) is 20.8. The van der Waals surface area contributed by atoms with Gasteiger partial charge in [0, 0.05) is 37.0 Å². The Morgan fingerprint density at radius 3 is 1.57 bits per heavy atom. The first-order chi connectivity index (χ1) is 35.8. The Bertz CT molecular complexity index is 2910. The molecule has 2 amide bonds. The number of methoxy groups -OCH3 is 4. The number of carboxylic acids is 1. The Labute approximate surface area is 442 Å². The number of hydrogen-bond acceptors (Lipinski definition) is 11. The molecule has 400 valence electrons. The molecule has 0 radical (unpaired) electrons. The molecule has 0 unspecified atom stereocenters. The normalized spacial score (nSPS) is 14.1. The fourth-order valence-electron chi connectivity index (χ4n) is 9.41. The molecular weight excluding hydrogens is 951 g/mol. The third-order valence-electron chi connectivity index (χ3n) is 13.1. The first kappa shape index (κ1) is 57.0. The van der Waals surface area contributed by atoms with E-state index in [9.17, 15) is 19.2 Å². The lowest BCUT2D eigenvalue weighted by Crippen LogP contribution is -2.38. The maximum absolute atomic E-state index is 13.5. The van der Waals surface area contributed by atoms with Crippen LogP contribution in [0.2, 0.25) is 0 Å². The van der Waals surface area contributed by atoms with Gasteiger partial charge in [0.1, 0.15) is 11.2 Å². The van der Waals surface area contributed by atoms with Gasteiger partial charge in [0.25, 0.3) is 5.91 Å². The number of likely N-dealkylation sites (tertiary alicyclic amines) is 1. The minimum atomic E-state index is -0.956. The highest BCUT2D eigenvalue weighted by molar-refractivity contribution is 6.08. The summed E-state index contributed by atoms with van der Waals surface area (Å²) < 4.78 is 31.9. The van der Waals surface area contributed by atoms with Gasteiger partial charge >= 0.3 is 18.0 Å². The number of aromatic carboxylic acids is 1. The number of carbonyl (C=O) groups excluding carboxylic acids is 3. The molecule has 0 saturated carbocycles. The maximum Gasteiger partial charge on any atom is 0.407 e. The number of rotatable bonds is 13.